The van der Waals surface area contributed by atoms with Gasteiger partial charge in [-0.25, -0.2) is 0 Å². The lowest BCUT2D eigenvalue weighted by molar-refractivity contribution is 0.389. The Hall–Kier alpha value is -1.07. The van der Waals surface area contributed by atoms with Gasteiger partial charge in [0, 0.05) is 12.1 Å². The van der Waals surface area contributed by atoms with Crippen molar-refractivity contribution in [3.8, 4) is 0 Å². The SMILES string of the molecule is Cc1noc(C)c1C(C)CNC(C)c1ccc(Br)o1. The third-order valence-corrected chi connectivity index (χ3v) is 3.76. The van der Waals surface area contributed by atoms with Gasteiger partial charge in [0.2, 0.25) is 0 Å². The van der Waals surface area contributed by atoms with E-state index in [2.05, 4.69) is 40.3 Å². The molecule has 2 unspecified atom stereocenters. The highest BCUT2D eigenvalue weighted by Gasteiger charge is 2.18. The molecule has 0 bridgehead atoms. The second kappa shape index (κ2) is 5.92. The molecule has 2 rings (SSSR count). The van der Waals surface area contributed by atoms with Crippen molar-refractivity contribution in [2.75, 3.05) is 6.54 Å². The first-order valence-corrected chi connectivity index (χ1v) is 7.19. The molecule has 0 aromatic carbocycles. The molecule has 0 spiro atoms. The van der Waals surface area contributed by atoms with Crippen LogP contribution in [0.2, 0.25) is 0 Å². The number of nitrogens with one attached hydrogen (secondary N) is 1. The summed E-state index contributed by atoms with van der Waals surface area (Å²) in [5, 5.41) is 7.47. The molecule has 5 heteroatoms. The Morgan fingerprint density at radius 1 is 1.32 bits per heavy atom. The van der Waals surface area contributed by atoms with E-state index >= 15 is 0 Å². The van der Waals surface area contributed by atoms with Crippen molar-refractivity contribution in [1.29, 1.82) is 0 Å². The van der Waals surface area contributed by atoms with E-state index < -0.39 is 0 Å². The Morgan fingerprint density at radius 3 is 2.58 bits per heavy atom. The van der Waals surface area contributed by atoms with Crippen LogP contribution in [-0.2, 0) is 0 Å². The van der Waals surface area contributed by atoms with E-state index in [9.17, 15) is 0 Å². The zero-order valence-corrected chi connectivity index (χ0v) is 13.2. The Balaban J connectivity index is 1.95. The van der Waals surface area contributed by atoms with Gasteiger partial charge in [0.1, 0.15) is 11.5 Å². The molecular weight excluding hydrogens is 308 g/mol. The van der Waals surface area contributed by atoms with Gasteiger partial charge < -0.3 is 14.3 Å². The predicted octanol–water partition coefficient (Wildman–Crippen LogP) is 4.10. The quantitative estimate of drug-likeness (QED) is 0.898. The van der Waals surface area contributed by atoms with Crippen LogP contribution in [0.1, 0.15) is 48.6 Å². The zero-order valence-electron chi connectivity index (χ0n) is 11.7. The van der Waals surface area contributed by atoms with Gasteiger partial charge >= 0.3 is 0 Å². The van der Waals surface area contributed by atoms with Gasteiger partial charge in [-0.3, -0.25) is 0 Å². The van der Waals surface area contributed by atoms with Crippen LogP contribution in [0.4, 0.5) is 0 Å². The average molecular weight is 327 g/mol. The molecule has 0 amide bonds. The standard InChI is InChI=1S/C14H19BrN2O2/c1-8(14-10(3)17-19-11(14)4)7-16-9(2)12-5-6-13(15)18-12/h5-6,8-9,16H,7H2,1-4H3. The minimum absolute atomic E-state index is 0.175. The van der Waals surface area contributed by atoms with Crippen LogP contribution in [0.15, 0.2) is 25.7 Å². The molecule has 0 aliphatic heterocycles. The predicted molar refractivity (Wildman–Crippen MR) is 77.2 cm³/mol. The van der Waals surface area contributed by atoms with Gasteiger partial charge in [0.25, 0.3) is 0 Å². The molecule has 4 nitrogen and oxygen atoms in total. The molecule has 2 heterocycles. The monoisotopic (exact) mass is 326 g/mol. The maximum atomic E-state index is 5.54. The van der Waals surface area contributed by atoms with E-state index in [-0.39, 0.29) is 6.04 Å². The molecule has 2 atom stereocenters. The summed E-state index contributed by atoms with van der Waals surface area (Å²) in [6.07, 6.45) is 0. The molecule has 2 aromatic heterocycles. The molecule has 19 heavy (non-hydrogen) atoms. The van der Waals surface area contributed by atoms with Gasteiger partial charge in [-0.15, -0.1) is 0 Å². The van der Waals surface area contributed by atoms with E-state index in [0.717, 1.165) is 28.4 Å². The van der Waals surface area contributed by atoms with Gasteiger partial charge in [-0.1, -0.05) is 12.1 Å². The van der Waals surface area contributed by atoms with Crippen molar-refractivity contribution in [2.45, 2.75) is 39.7 Å². The van der Waals surface area contributed by atoms with Gasteiger partial charge in [0.05, 0.1) is 11.7 Å². The minimum Gasteiger partial charge on any atom is -0.453 e. The highest BCUT2D eigenvalue weighted by molar-refractivity contribution is 9.10. The van der Waals surface area contributed by atoms with Crippen LogP contribution in [0.3, 0.4) is 0 Å². The number of halogens is 1. The molecule has 0 aliphatic carbocycles. The van der Waals surface area contributed by atoms with Crippen LogP contribution < -0.4 is 5.32 Å². The largest absolute Gasteiger partial charge is 0.453 e. The smallest absolute Gasteiger partial charge is 0.169 e. The fraction of sp³-hybridized carbons (Fsp3) is 0.500. The van der Waals surface area contributed by atoms with Crippen LogP contribution in [0, 0.1) is 13.8 Å². The first-order valence-electron chi connectivity index (χ1n) is 6.40. The van der Waals surface area contributed by atoms with Crippen molar-refractivity contribution in [3.63, 3.8) is 0 Å². The fourth-order valence-corrected chi connectivity index (χ4v) is 2.63. The normalized spacial score (nSPS) is 14.6. The third-order valence-electron chi connectivity index (χ3n) is 3.33. The maximum absolute atomic E-state index is 5.54. The molecule has 1 N–H and O–H groups in total. The summed E-state index contributed by atoms with van der Waals surface area (Å²) in [6.45, 7) is 9.05. The summed E-state index contributed by atoms with van der Waals surface area (Å²) in [5.74, 6) is 2.19. The fourth-order valence-electron chi connectivity index (χ4n) is 2.31. The van der Waals surface area contributed by atoms with E-state index in [1.54, 1.807) is 0 Å². The Morgan fingerprint density at radius 2 is 2.05 bits per heavy atom. The van der Waals surface area contributed by atoms with Gasteiger partial charge in [-0.05, 0) is 54.8 Å². The number of nitrogens with zero attached hydrogens (tertiary/aromatic N) is 1. The summed E-state index contributed by atoms with van der Waals surface area (Å²) < 4.78 is 11.5. The Kier molecular flexibility index (Phi) is 4.47. The van der Waals surface area contributed by atoms with E-state index in [4.69, 9.17) is 8.94 Å². The van der Waals surface area contributed by atoms with Crippen LogP contribution in [0.5, 0.6) is 0 Å². The van der Waals surface area contributed by atoms with Gasteiger partial charge in [0.15, 0.2) is 4.67 Å². The highest BCUT2D eigenvalue weighted by atomic mass is 79.9. The Labute approximate surface area is 121 Å². The zero-order chi connectivity index (χ0) is 14.0. The molecular formula is C14H19BrN2O2. The number of hydrogen-bond donors (Lipinski definition) is 1. The van der Waals surface area contributed by atoms with E-state index in [1.165, 1.54) is 5.56 Å². The lowest BCUT2D eigenvalue weighted by atomic mass is 9.99. The van der Waals surface area contributed by atoms with Crippen molar-refractivity contribution in [3.05, 3.63) is 39.6 Å². The lowest BCUT2D eigenvalue weighted by Crippen LogP contribution is -2.23. The van der Waals surface area contributed by atoms with E-state index in [0.29, 0.717) is 5.92 Å². The summed E-state index contributed by atoms with van der Waals surface area (Å²) in [7, 11) is 0. The van der Waals surface area contributed by atoms with Gasteiger partial charge in [-0.2, -0.15) is 0 Å². The topological polar surface area (TPSA) is 51.2 Å². The second-order valence-electron chi connectivity index (χ2n) is 4.91. The summed E-state index contributed by atoms with van der Waals surface area (Å²) in [4.78, 5) is 0. The number of hydrogen-bond acceptors (Lipinski definition) is 4. The molecule has 2 aromatic rings. The molecule has 0 fully saturated rings. The molecule has 0 saturated heterocycles. The summed E-state index contributed by atoms with van der Waals surface area (Å²) in [5.41, 5.74) is 2.17. The van der Waals surface area contributed by atoms with Crippen molar-refractivity contribution < 1.29 is 8.94 Å². The highest BCUT2D eigenvalue weighted by Crippen LogP contribution is 2.24. The minimum atomic E-state index is 0.175. The molecule has 0 aliphatic rings. The number of aromatic nitrogens is 1. The molecule has 104 valence electrons. The average Bonchev–Trinajstić information content (AvgIpc) is 2.93. The number of furan rings is 1. The summed E-state index contributed by atoms with van der Waals surface area (Å²) in [6, 6.07) is 4.06. The lowest BCUT2D eigenvalue weighted by Gasteiger charge is -2.16. The first kappa shape index (κ1) is 14.3. The third kappa shape index (κ3) is 3.28. The molecule has 0 radical (unpaired) electrons. The first-order chi connectivity index (χ1) is 8.99. The Bertz CT molecular complexity index is 528. The van der Waals surface area contributed by atoms with Crippen molar-refractivity contribution in [1.82, 2.24) is 10.5 Å². The van der Waals surface area contributed by atoms with Crippen LogP contribution >= 0.6 is 15.9 Å². The van der Waals surface area contributed by atoms with Crippen LogP contribution in [-0.4, -0.2) is 11.7 Å². The second-order valence-corrected chi connectivity index (χ2v) is 5.69. The van der Waals surface area contributed by atoms with Crippen molar-refractivity contribution in [2.24, 2.45) is 0 Å². The van der Waals surface area contributed by atoms with Crippen molar-refractivity contribution >= 4 is 15.9 Å². The van der Waals surface area contributed by atoms with Crippen LogP contribution in [0.25, 0.3) is 0 Å². The summed E-state index contributed by atoms with van der Waals surface area (Å²) >= 11 is 3.32. The number of aryl methyl sites for hydroxylation is 2. The van der Waals surface area contributed by atoms with E-state index in [1.807, 2.05) is 26.0 Å². The number of rotatable bonds is 5. The maximum Gasteiger partial charge on any atom is 0.169 e. The molecule has 0 saturated carbocycles.